The van der Waals surface area contributed by atoms with E-state index in [1.807, 2.05) is 0 Å². The number of carboxylic acids is 1. The van der Waals surface area contributed by atoms with Crippen molar-refractivity contribution in [1.29, 1.82) is 0 Å². The van der Waals surface area contributed by atoms with Crippen LogP contribution in [0.15, 0.2) is 12.4 Å². The van der Waals surface area contributed by atoms with Crippen LogP contribution in [0.5, 0.6) is 0 Å². The van der Waals surface area contributed by atoms with Crippen LogP contribution in [-0.2, 0) is 4.79 Å². The number of carbonyl (C=O) groups is 1. The lowest BCUT2D eigenvalue weighted by Crippen LogP contribution is -2.03. The standard InChI is InChI=1S/C18H27N3O2S/c1-14-12-15-17(20-13-21-18(15)24-14)19-11-9-7-5-3-2-4-6-8-10-16(22)23/h12-13H,2-11H2,1H3,(H,22,23)(H,19,20,21). The molecule has 5 nitrogen and oxygen atoms in total. The Labute approximate surface area is 147 Å². The van der Waals surface area contributed by atoms with Crippen molar-refractivity contribution in [2.24, 2.45) is 0 Å². The van der Waals surface area contributed by atoms with Crippen LogP contribution in [0.3, 0.4) is 0 Å². The van der Waals surface area contributed by atoms with E-state index >= 15 is 0 Å². The highest BCUT2D eigenvalue weighted by molar-refractivity contribution is 7.18. The normalized spacial score (nSPS) is 11.0. The number of hydrogen-bond donors (Lipinski definition) is 2. The average molecular weight is 349 g/mol. The predicted octanol–water partition coefficient (Wildman–Crippen LogP) is 5.01. The van der Waals surface area contributed by atoms with Gasteiger partial charge < -0.3 is 10.4 Å². The van der Waals surface area contributed by atoms with E-state index < -0.39 is 5.97 Å². The highest BCUT2D eigenvalue weighted by Crippen LogP contribution is 2.27. The summed E-state index contributed by atoms with van der Waals surface area (Å²) in [5.41, 5.74) is 0. The third kappa shape index (κ3) is 6.43. The molecule has 0 atom stereocenters. The first-order valence-electron chi connectivity index (χ1n) is 8.83. The number of nitrogens with zero attached hydrogens (tertiary/aromatic N) is 2. The predicted molar refractivity (Wildman–Crippen MR) is 99.8 cm³/mol. The third-order valence-corrected chi connectivity index (χ3v) is 5.02. The van der Waals surface area contributed by atoms with Crippen LogP contribution in [0.25, 0.3) is 10.2 Å². The fourth-order valence-electron chi connectivity index (χ4n) is 2.79. The first-order chi connectivity index (χ1) is 11.7. The molecule has 2 heterocycles. The second-order valence-corrected chi connectivity index (χ2v) is 7.43. The van der Waals surface area contributed by atoms with Crippen LogP contribution in [0.2, 0.25) is 0 Å². The summed E-state index contributed by atoms with van der Waals surface area (Å²) in [7, 11) is 0. The Balaban J connectivity index is 1.51. The summed E-state index contributed by atoms with van der Waals surface area (Å²) in [4.78, 5) is 21.4. The third-order valence-electron chi connectivity index (χ3n) is 4.06. The zero-order valence-corrected chi connectivity index (χ0v) is 15.2. The number of unbranched alkanes of at least 4 members (excludes halogenated alkanes) is 7. The van der Waals surface area contributed by atoms with E-state index in [1.165, 1.54) is 30.6 Å². The smallest absolute Gasteiger partial charge is 0.303 e. The van der Waals surface area contributed by atoms with Crippen molar-refractivity contribution in [2.75, 3.05) is 11.9 Å². The summed E-state index contributed by atoms with van der Waals surface area (Å²) >= 11 is 1.70. The summed E-state index contributed by atoms with van der Waals surface area (Å²) < 4.78 is 0. The molecule has 0 bridgehead atoms. The Hall–Kier alpha value is -1.69. The molecule has 0 saturated carbocycles. The van der Waals surface area contributed by atoms with E-state index in [2.05, 4.69) is 28.3 Å². The van der Waals surface area contributed by atoms with Crippen molar-refractivity contribution < 1.29 is 9.90 Å². The number of carboxylic acid groups (broad SMARTS) is 1. The van der Waals surface area contributed by atoms with Gasteiger partial charge in [-0.2, -0.15) is 0 Å². The maximum atomic E-state index is 10.4. The van der Waals surface area contributed by atoms with Crippen molar-refractivity contribution in [3.05, 3.63) is 17.3 Å². The highest BCUT2D eigenvalue weighted by atomic mass is 32.1. The van der Waals surface area contributed by atoms with Gasteiger partial charge in [-0.15, -0.1) is 11.3 Å². The molecule has 0 radical (unpaired) electrons. The lowest BCUT2D eigenvalue weighted by atomic mass is 10.1. The minimum absolute atomic E-state index is 0.311. The first-order valence-corrected chi connectivity index (χ1v) is 9.65. The molecular weight excluding hydrogens is 322 g/mol. The Morgan fingerprint density at radius 3 is 2.46 bits per heavy atom. The number of aryl methyl sites for hydroxylation is 1. The molecule has 24 heavy (non-hydrogen) atoms. The molecule has 0 aliphatic heterocycles. The van der Waals surface area contributed by atoms with Crippen molar-refractivity contribution in [3.63, 3.8) is 0 Å². The van der Waals surface area contributed by atoms with Crippen LogP contribution < -0.4 is 5.32 Å². The SMILES string of the molecule is Cc1cc2c(NCCCCCCCCCCC(=O)O)ncnc2s1. The highest BCUT2D eigenvalue weighted by Gasteiger charge is 2.05. The van der Waals surface area contributed by atoms with E-state index in [0.29, 0.717) is 6.42 Å². The summed E-state index contributed by atoms with van der Waals surface area (Å²) in [5, 5.41) is 13.1. The molecule has 0 unspecified atom stereocenters. The molecule has 0 aromatic carbocycles. The largest absolute Gasteiger partial charge is 0.481 e. The van der Waals surface area contributed by atoms with E-state index in [9.17, 15) is 4.79 Å². The van der Waals surface area contributed by atoms with Gasteiger partial charge in [0.05, 0.1) is 5.39 Å². The molecule has 0 amide bonds. The van der Waals surface area contributed by atoms with Crippen molar-refractivity contribution in [2.45, 2.75) is 64.7 Å². The molecule has 0 saturated heterocycles. The second-order valence-electron chi connectivity index (χ2n) is 6.20. The summed E-state index contributed by atoms with van der Waals surface area (Å²) in [6.45, 7) is 3.04. The van der Waals surface area contributed by atoms with Gasteiger partial charge in [0.25, 0.3) is 0 Å². The van der Waals surface area contributed by atoms with Gasteiger partial charge in [0, 0.05) is 17.8 Å². The van der Waals surface area contributed by atoms with Crippen molar-refractivity contribution >= 4 is 33.3 Å². The van der Waals surface area contributed by atoms with E-state index in [-0.39, 0.29) is 0 Å². The molecular formula is C18H27N3O2S. The zero-order chi connectivity index (χ0) is 17.2. The molecule has 132 valence electrons. The van der Waals surface area contributed by atoms with Crippen LogP contribution in [0, 0.1) is 6.92 Å². The minimum Gasteiger partial charge on any atom is -0.481 e. The molecule has 0 aliphatic carbocycles. The molecule has 0 aliphatic rings. The molecule has 0 fully saturated rings. The Kier molecular flexibility index (Phi) is 7.95. The van der Waals surface area contributed by atoms with Gasteiger partial charge in [-0.3, -0.25) is 4.79 Å². The minimum atomic E-state index is -0.680. The van der Waals surface area contributed by atoms with Gasteiger partial charge in [-0.05, 0) is 25.8 Å². The lowest BCUT2D eigenvalue weighted by molar-refractivity contribution is -0.137. The summed E-state index contributed by atoms with van der Waals surface area (Å²) in [6.07, 6.45) is 11.0. The monoisotopic (exact) mass is 349 g/mol. The van der Waals surface area contributed by atoms with Crippen LogP contribution in [-0.4, -0.2) is 27.6 Å². The fraction of sp³-hybridized carbons (Fsp3) is 0.611. The van der Waals surface area contributed by atoms with Gasteiger partial charge in [-0.25, -0.2) is 9.97 Å². The van der Waals surface area contributed by atoms with Crippen LogP contribution in [0.4, 0.5) is 5.82 Å². The number of aliphatic carboxylic acids is 1. The maximum absolute atomic E-state index is 10.4. The fourth-order valence-corrected chi connectivity index (χ4v) is 3.63. The van der Waals surface area contributed by atoms with E-state index in [1.54, 1.807) is 17.7 Å². The Morgan fingerprint density at radius 1 is 1.08 bits per heavy atom. The lowest BCUT2D eigenvalue weighted by Gasteiger charge is -2.06. The number of rotatable bonds is 12. The van der Waals surface area contributed by atoms with Gasteiger partial charge >= 0.3 is 5.97 Å². The molecule has 2 aromatic rings. The van der Waals surface area contributed by atoms with Crippen molar-refractivity contribution in [3.8, 4) is 0 Å². The average Bonchev–Trinajstić information content (AvgIpc) is 2.93. The second kappa shape index (κ2) is 10.2. The molecule has 6 heteroatoms. The van der Waals surface area contributed by atoms with Gasteiger partial charge in [-0.1, -0.05) is 38.5 Å². The molecule has 0 spiro atoms. The topological polar surface area (TPSA) is 75.1 Å². The Bertz CT molecular complexity index is 642. The maximum Gasteiger partial charge on any atom is 0.303 e. The molecule has 2 aromatic heterocycles. The molecule has 2 rings (SSSR count). The van der Waals surface area contributed by atoms with Crippen LogP contribution >= 0.6 is 11.3 Å². The number of aromatic nitrogens is 2. The molecule has 2 N–H and O–H groups in total. The number of fused-ring (bicyclic) bond motifs is 1. The number of nitrogens with one attached hydrogen (secondary N) is 1. The Morgan fingerprint density at radius 2 is 1.75 bits per heavy atom. The number of hydrogen-bond acceptors (Lipinski definition) is 5. The van der Waals surface area contributed by atoms with E-state index in [4.69, 9.17) is 5.11 Å². The summed E-state index contributed by atoms with van der Waals surface area (Å²) in [6, 6.07) is 2.15. The summed E-state index contributed by atoms with van der Waals surface area (Å²) in [5.74, 6) is 0.267. The van der Waals surface area contributed by atoms with Crippen LogP contribution in [0.1, 0.15) is 62.7 Å². The number of thiophene rings is 1. The van der Waals surface area contributed by atoms with Gasteiger partial charge in [0.15, 0.2) is 0 Å². The quantitative estimate of drug-likeness (QED) is 0.527. The first kappa shape index (κ1) is 18.6. The van der Waals surface area contributed by atoms with Crippen molar-refractivity contribution in [1.82, 2.24) is 9.97 Å². The number of anilines is 1. The zero-order valence-electron chi connectivity index (χ0n) is 14.4. The van der Waals surface area contributed by atoms with Gasteiger partial charge in [0.2, 0.25) is 0 Å². The van der Waals surface area contributed by atoms with Gasteiger partial charge in [0.1, 0.15) is 17.0 Å². The van der Waals surface area contributed by atoms with E-state index in [0.717, 1.165) is 48.3 Å².